The van der Waals surface area contributed by atoms with E-state index in [2.05, 4.69) is 55.4 Å². The van der Waals surface area contributed by atoms with E-state index in [1.807, 2.05) is 24.3 Å². The summed E-state index contributed by atoms with van der Waals surface area (Å²) in [4.78, 5) is 20.7. The molecule has 0 saturated heterocycles. The third kappa shape index (κ3) is 4.03. The molecule has 0 spiro atoms. The molecule has 6 heteroatoms. The number of thiazole rings is 1. The number of anilines is 1. The fourth-order valence-corrected chi connectivity index (χ4v) is 4.52. The van der Waals surface area contributed by atoms with Crippen LogP contribution in [-0.4, -0.2) is 22.3 Å². The molecule has 0 fully saturated rings. The van der Waals surface area contributed by atoms with Gasteiger partial charge in [0.2, 0.25) is 0 Å². The van der Waals surface area contributed by atoms with Crippen LogP contribution in [0.4, 0.5) is 5.13 Å². The van der Waals surface area contributed by atoms with Crippen molar-refractivity contribution in [1.82, 2.24) is 9.88 Å². The van der Waals surface area contributed by atoms with Crippen molar-refractivity contribution in [3.05, 3.63) is 80.8 Å². The second kappa shape index (κ2) is 7.70. The van der Waals surface area contributed by atoms with Gasteiger partial charge >= 0.3 is 0 Å². The monoisotopic (exact) mass is 427 g/mol. The molecule has 3 aromatic rings. The lowest BCUT2D eigenvalue weighted by molar-refractivity contribution is 0.102. The third-order valence-corrected chi connectivity index (χ3v) is 5.86. The molecule has 0 radical (unpaired) electrons. The maximum absolute atomic E-state index is 12.4. The lowest BCUT2D eigenvalue weighted by atomic mass is 10.1. The number of aromatic nitrogens is 1. The zero-order chi connectivity index (χ0) is 17.9. The van der Waals surface area contributed by atoms with E-state index in [0.29, 0.717) is 10.7 Å². The number of carbonyl (C=O) groups is 1. The first-order chi connectivity index (χ1) is 12.7. The number of hydrogen-bond donors (Lipinski definition) is 1. The van der Waals surface area contributed by atoms with Crippen LogP contribution in [0.3, 0.4) is 0 Å². The fourth-order valence-electron chi connectivity index (χ4n) is 3.08. The SMILES string of the molecule is O=C(Nc1nc2c(s1)CN(Cc1ccccc1)CC2)c1cccc(Br)c1. The van der Waals surface area contributed by atoms with Gasteiger partial charge in [-0.15, -0.1) is 11.3 Å². The molecule has 0 atom stereocenters. The summed E-state index contributed by atoms with van der Waals surface area (Å²) in [6.45, 7) is 2.82. The Morgan fingerprint density at radius 3 is 2.85 bits per heavy atom. The summed E-state index contributed by atoms with van der Waals surface area (Å²) in [5, 5.41) is 3.62. The second-order valence-electron chi connectivity index (χ2n) is 6.30. The zero-order valence-electron chi connectivity index (χ0n) is 14.1. The van der Waals surface area contributed by atoms with Gasteiger partial charge in [-0.2, -0.15) is 0 Å². The Morgan fingerprint density at radius 2 is 2.04 bits per heavy atom. The van der Waals surface area contributed by atoms with E-state index in [0.717, 1.165) is 36.2 Å². The molecule has 132 valence electrons. The number of amides is 1. The van der Waals surface area contributed by atoms with E-state index in [9.17, 15) is 4.79 Å². The average Bonchev–Trinajstić information content (AvgIpc) is 3.04. The van der Waals surface area contributed by atoms with Crippen molar-refractivity contribution in [2.45, 2.75) is 19.5 Å². The van der Waals surface area contributed by atoms with Crippen molar-refractivity contribution < 1.29 is 4.79 Å². The topological polar surface area (TPSA) is 45.2 Å². The Kier molecular flexibility index (Phi) is 5.15. The Hall–Kier alpha value is -2.02. The third-order valence-electron chi connectivity index (χ3n) is 4.37. The van der Waals surface area contributed by atoms with Crippen LogP contribution in [0.15, 0.2) is 59.1 Å². The summed E-state index contributed by atoms with van der Waals surface area (Å²) < 4.78 is 0.889. The predicted octanol–water partition coefficient (Wildman–Crippen LogP) is 4.72. The van der Waals surface area contributed by atoms with Crippen molar-refractivity contribution in [3.8, 4) is 0 Å². The molecule has 0 saturated carbocycles. The Labute approximate surface area is 165 Å². The standard InChI is InChI=1S/C20H18BrN3OS/c21-16-8-4-7-15(11-16)19(25)23-20-22-17-9-10-24(13-18(17)26-20)12-14-5-2-1-3-6-14/h1-8,11H,9-10,12-13H2,(H,22,23,25). The van der Waals surface area contributed by atoms with Crippen LogP contribution in [-0.2, 0) is 19.5 Å². The normalized spacial score (nSPS) is 14.0. The van der Waals surface area contributed by atoms with Gasteiger partial charge in [0.25, 0.3) is 5.91 Å². The summed E-state index contributed by atoms with van der Waals surface area (Å²) in [6, 6.07) is 17.9. The molecule has 0 aliphatic carbocycles. The summed E-state index contributed by atoms with van der Waals surface area (Å²) in [5.74, 6) is -0.126. The molecule has 1 aliphatic heterocycles. The van der Waals surface area contributed by atoms with Gasteiger partial charge in [-0.05, 0) is 23.8 Å². The molecule has 1 aliphatic rings. The number of nitrogens with zero attached hydrogens (tertiary/aromatic N) is 2. The molecule has 26 heavy (non-hydrogen) atoms. The molecule has 1 aromatic heterocycles. The highest BCUT2D eigenvalue weighted by Gasteiger charge is 2.21. The van der Waals surface area contributed by atoms with Gasteiger partial charge < -0.3 is 0 Å². The fraction of sp³-hybridized carbons (Fsp3) is 0.200. The minimum atomic E-state index is -0.126. The van der Waals surface area contributed by atoms with E-state index < -0.39 is 0 Å². The smallest absolute Gasteiger partial charge is 0.257 e. The molecule has 0 bridgehead atoms. The van der Waals surface area contributed by atoms with Crippen LogP contribution in [0.5, 0.6) is 0 Å². The largest absolute Gasteiger partial charge is 0.298 e. The predicted molar refractivity (Wildman–Crippen MR) is 108 cm³/mol. The molecule has 4 rings (SSSR count). The van der Waals surface area contributed by atoms with Gasteiger partial charge in [0.1, 0.15) is 0 Å². The molecule has 2 aromatic carbocycles. The Bertz CT molecular complexity index is 926. The molecule has 4 nitrogen and oxygen atoms in total. The molecule has 1 N–H and O–H groups in total. The molecule has 1 amide bonds. The van der Waals surface area contributed by atoms with Gasteiger partial charge in [0.15, 0.2) is 5.13 Å². The zero-order valence-corrected chi connectivity index (χ0v) is 16.5. The van der Waals surface area contributed by atoms with Gasteiger partial charge in [0.05, 0.1) is 5.69 Å². The summed E-state index contributed by atoms with van der Waals surface area (Å²) in [7, 11) is 0. The number of rotatable bonds is 4. The van der Waals surface area contributed by atoms with Crippen LogP contribution in [0.2, 0.25) is 0 Å². The Morgan fingerprint density at radius 1 is 1.19 bits per heavy atom. The molecular weight excluding hydrogens is 410 g/mol. The van der Waals surface area contributed by atoms with E-state index in [-0.39, 0.29) is 5.91 Å². The molecule has 0 unspecified atom stereocenters. The number of halogens is 1. The average molecular weight is 428 g/mol. The lowest BCUT2D eigenvalue weighted by Crippen LogP contribution is -2.29. The first kappa shape index (κ1) is 17.4. The highest BCUT2D eigenvalue weighted by Crippen LogP contribution is 2.29. The lowest BCUT2D eigenvalue weighted by Gasteiger charge is -2.25. The Balaban J connectivity index is 1.43. The first-order valence-electron chi connectivity index (χ1n) is 8.49. The number of fused-ring (bicyclic) bond motifs is 1. The van der Waals surface area contributed by atoms with Crippen LogP contribution in [0, 0.1) is 0 Å². The van der Waals surface area contributed by atoms with Crippen molar-refractivity contribution in [2.75, 3.05) is 11.9 Å². The minimum absolute atomic E-state index is 0.126. The van der Waals surface area contributed by atoms with E-state index in [4.69, 9.17) is 0 Å². The number of hydrogen-bond acceptors (Lipinski definition) is 4. The number of carbonyl (C=O) groups excluding carboxylic acids is 1. The highest BCUT2D eigenvalue weighted by molar-refractivity contribution is 9.10. The van der Waals surface area contributed by atoms with E-state index in [1.165, 1.54) is 10.4 Å². The van der Waals surface area contributed by atoms with E-state index in [1.54, 1.807) is 17.4 Å². The van der Waals surface area contributed by atoms with Gasteiger partial charge in [-0.25, -0.2) is 4.98 Å². The summed E-state index contributed by atoms with van der Waals surface area (Å²) in [6.07, 6.45) is 0.922. The summed E-state index contributed by atoms with van der Waals surface area (Å²) >= 11 is 4.98. The van der Waals surface area contributed by atoms with E-state index >= 15 is 0 Å². The van der Waals surface area contributed by atoms with Crippen molar-refractivity contribution in [3.63, 3.8) is 0 Å². The minimum Gasteiger partial charge on any atom is -0.298 e. The van der Waals surface area contributed by atoms with Crippen LogP contribution >= 0.6 is 27.3 Å². The van der Waals surface area contributed by atoms with Crippen molar-refractivity contribution >= 4 is 38.3 Å². The van der Waals surface area contributed by atoms with Crippen LogP contribution in [0.25, 0.3) is 0 Å². The second-order valence-corrected chi connectivity index (χ2v) is 8.30. The first-order valence-corrected chi connectivity index (χ1v) is 10.1. The summed E-state index contributed by atoms with van der Waals surface area (Å²) in [5.41, 5.74) is 3.06. The van der Waals surface area contributed by atoms with Crippen LogP contribution < -0.4 is 5.32 Å². The quantitative estimate of drug-likeness (QED) is 0.655. The number of benzene rings is 2. The molecule has 2 heterocycles. The van der Waals surface area contributed by atoms with Gasteiger partial charge in [-0.3, -0.25) is 15.0 Å². The van der Waals surface area contributed by atoms with Crippen LogP contribution in [0.1, 0.15) is 26.5 Å². The van der Waals surface area contributed by atoms with Crippen molar-refractivity contribution in [2.24, 2.45) is 0 Å². The maximum Gasteiger partial charge on any atom is 0.257 e. The maximum atomic E-state index is 12.4. The van der Waals surface area contributed by atoms with Gasteiger partial charge in [-0.1, -0.05) is 52.3 Å². The number of nitrogens with one attached hydrogen (secondary N) is 1. The van der Waals surface area contributed by atoms with Crippen molar-refractivity contribution in [1.29, 1.82) is 0 Å². The van der Waals surface area contributed by atoms with Gasteiger partial charge in [0, 0.05) is 41.0 Å². The molecular formula is C20H18BrN3OS. The highest BCUT2D eigenvalue weighted by atomic mass is 79.9.